The molecule has 0 radical (unpaired) electrons. The van der Waals surface area contributed by atoms with E-state index in [0.717, 1.165) is 17.6 Å². The number of hydrogen-bond acceptors (Lipinski definition) is 2. The van der Waals surface area contributed by atoms with Crippen molar-refractivity contribution in [2.45, 2.75) is 12.3 Å². The first-order valence-corrected chi connectivity index (χ1v) is 4.59. The van der Waals surface area contributed by atoms with Crippen molar-refractivity contribution in [3.05, 3.63) is 22.6 Å². The Morgan fingerprint density at radius 1 is 1.55 bits per heavy atom. The van der Waals surface area contributed by atoms with Crippen molar-refractivity contribution in [3.8, 4) is 0 Å². The Kier molecular flexibility index (Phi) is 2.00. The molecular weight excluding hydrogens is 206 g/mol. The van der Waals surface area contributed by atoms with E-state index in [-0.39, 0.29) is 0 Å². The minimum absolute atomic E-state index is 0.642. The van der Waals surface area contributed by atoms with Gasteiger partial charge in [0.1, 0.15) is 6.26 Å². The Hall–Kier alpha value is -0.280. The van der Waals surface area contributed by atoms with Crippen LogP contribution in [0.15, 0.2) is 21.4 Å². The fraction of sp³-hybridized carbons (Fsp3) is 0.500. The summed E-state index contributed by atoms with van der Waals surface area (Å²) in [5.41, 5.74) is 1.30. The van der Waals surface area contributed by atoms with Gasteiger partial charge in [0.25, 0.3) is 0 Å². The summed E-state index contributed by atoms with van der Waals surface area (Å²) in [6, 6.07) is 0. The summed E-state index contributed by atoms with van der Waals surface area (Å²) < 4.78 is 6.19. The smallest absolute Gasteiger partial charge is 0.105 e. The summed E-state index contributed by atoms with van der Waals surface area (Å²) >= 11 is 3.45. The SMILES string of the molecule is Brc1cocc1C1CCNC1. The van der Waals surface area contributed by atoms with Crippen molar-refractivity contribution in [2.75, 3.05) is 13.1 Å². The molecule has 1 aromatic rings. The molecule has 60 valence electrons. The van der Waals surface area contributed by atoms with Crippen molar-refractivity contribution in [1.82, 2.24) is 5.32 Å². The van der Waals surface area contributed by atoms with Crippen LogP contribution in [-0.4, -0.2) is 13.1 Å². The Balaban J connectivity index is 2.21. The van der Waals surface area contributed by atoms with Crippen molar-refractivity contribution in [3.63, 3.8) is 0 Å². The quantitative estimate of drug-likeness (QED) is 0.777. The van der Waals surface area contributed by atoms with E-state index in [2.05, 4.69) is 21.2 Å². The van der Waals surface area contributed by atoms with Crippen molar-refractivity contribution in [1.29, 1.82) is 0 Å². The lowest BCUT2D eigenvalue weighted by Gasteiger charge is -2.03. The highest BCUT2D eigenvalue weighted by molar-refractivity contribution is 9.10. The maximum Gasteiger partial charge on any atom is 0.105 e. The summed E-state index contributed by atoms with van der Waals surface area (Å²) in [5.74, 6) is 0.642. The second-order valence-corrected chi connectivity index (χ2v) is 3.72. The second kappa shape index (κ2) is 2.99. The monoisotopic (exact) mass is 215 g/mol. The molecule has 11 heavy (non-hydrogen) atoms. The van der Waals surface area contributed by atoms with Gasteiger partial charge < -0.3 is 9.73 Å². The fourth-order valence-electron chi connectivity index (χ4n) is 1.50. The van der Waals surface area contributed by atoms with Crippen molar-refractivity contribution < 1.29 is 4.42 Å². The van der Waals surface area contributed by atoms with Gasteiger partial charge in [-0.1, -0.05) is 0 Å². The van der Waals surface area contributed by atoms with E-state index in [0.29, 0.717) is 5.92 Å². The van der Waals surface area contributed by atoms with Crippen LogP contribution in [0.3, 0.4) is 0 Å². The Bertz CT molecular complexity index is 240. The third-order valence-corrected chi connectivity index (χ3v) is 2.79. The van der Waals surface area contributed by atoms with Gasteiger partial charge in [-0.15, -0.1) is 0 Å². The molecule has 0 bridgehead atoms. The fourth-order valence-corrected chi connectivity index (χ4v) is 2.03. The first-order chi connectivity index (χ1) is 5.38. The average Bonchev–Trinajstić information content (AvgIpc) is 2.55. The lowest BCUT2D eigenvalue weighted by molar-refractivity contribution is 0.559. The first kappa shape index (κ1) is 7.37. The molecule has 1 aromatic heterocycles. The van der Waals surface area contributed by atoms with Crippen molar-refractivity contribution >= 4 is 15.9 Å². The van der Waals surface area contributed by atoms with Crippen LogP contribution in [0.5, 0.6) is 0 Å². The van der Waals surface area contributed by atoms with Gasteiger partial charge in [0.2, 0.25) is 0 Å². The molecular formula is C8H10BrNO. The normalized spacial score (nSPS) is 24.3. The third kappa shape index (κ3) is 1.35. The molecule has 3 heteroatoms. The third-order valence-electron chi connectivity index (χ3n) is 2.14. The molecule has 1 fully saturated rings. The van der Waals surface area contributed by atoms with Gasteiger partial charge in [-0.25, -0.2) is 0 Å². The minimum Gasteiger partial charge on any atom is -0.471 e. The lowest BCUT2D eigenvalue weighted by atomic mass is 10.0. The van der Waals surface area contributed by atoms with Crippen LogP contribution in [0.2, 0.25) is 0 Å². The second-order valence-electron chi connectivity index (χ2n) is 2.86. The molecule has 1 aliphatic heterocycles. The highest BCUT2D eigenvalue weighted by Crippen LogP contribution is 2.29. The summed E-state index contributed by atoms with van der Waals surface area (Å²) in [6.45, 7) is 2.21. The maximum absolute atomic E-state index is 5.08. The standard InChI is InChI=1S/C8H10BrNO/c9-8-5-11-4-7(8)6-1-2-10-3-6/h4-6,10H,1-3H2. The summed E-state index contributed by atoms with van der Waals surface area (Å²) in [6.07, 6.45) is 4.80. The molecule has 0 spiro atoms. The number of nitrogens with one attached hydrogen (secondary N) is 1. The molecule has 1 unspecified atom stereocenters. The molecule has 0 aromatic carbocycles. The molecule has 0 saturated carbocycles. The number of hydrogen-bond donors (Lipinski definition) is 1. The van der Waals surface area contributed by atoms with Gasteiger partial charge in [-0.3, -0.25) is 0 Å². The van der Waals surface area contributed by atoms with Crippen LogP contribution in [0.4, 0.5) is 0 Å². The summed E-state index contributed by atoms with van der Waals surface area (Å²) in [5, 5.41) is 3.33. The number of furan rings is 1. The summed E-state index contributed by atoms with van der Waals surface area (Å²) in [4.78, 5) is 0. The Morgan fingerprint density at radius 2 is 2.45 bits per heavy atom. The van der Waals surface area contributed by atoms with E-state index >= 15 is 0 Å². The zero-order valence-corrected chi connectivity index (χ0v) is 7.73. The van der Waals surface area contributed by atoms with Gasteiger partial charge >= 0.3 is 0 Å². The highest BCUT2D eigenvalue weighted by Gasteiger charge is 2.19. The molecule has 0 amide bonds. The van der Waals surface area contributed by atoms with E-state index < -0.39 is 0 Å². The van der Waals surface area contributed by atoms with E-state index in [9.17, 15) is 0 Å². The molecule has 2 rings (SSSR count). The zero-order chi connectivity index (χ0) is 7.68. The van der Waals surface area contributed by atoms with Gasteiger partial charge in [0.05, 0.1) is 10.7 Å². The largest absolute Gasteiger partial charge is 0.471 e. The van der Waals surface area contributed by atoms with Crippen LogP contribution in [0, 0.1) is 0 Å². The van der Waals surface area contributed by atoms with Gasteiger partial charge in [-0.05, 0) is 28.9 Å². The van der Waals surface area contributed by atoms with Crippen LogP contribution in [0.25, 0.3) is 0 Å². The summed E-state index contributed by atoms with van der Waals surface area (Å²) in [7, 11) is 0. The Labute approximate surface area is 74.1 Å². The van der Waals surface area contributed by atoms with E-state index in [1.807, 2.05) is 6.26 Å². The number of rotatable bonds is 1. The predicted molar refractivity (Wildman–Crippen MR) is 46.6 cm³/mol. The molecule has 1 saturated heterocycles. The average molecular weight is 216 g/mol. The molecule has 2 nitrogen and oxygen atoms in total. The van der Waals surface area contributed by atoms with Gasteiger partial charge in [0.15, 0.2) is 0 Å². The van der Waals surface area contributed by atoms with Crippen LogP contribution >= 0.6 is 15.9 Å². The highest BCUT2D eigenvalue weighted by atomic mass is 79.9. The topological polar surface area (TPSA) is 25.2 Å². The van der Waals surface area contributed by atoms with Gasteiger partial charge in [0, 0.05) is 18.0 Å². The van der Waals surface area contributed by atoms with E-state index in [4.69, 9.17) is 4.42 Å². The van der Waals surface area contributed by atoms with E-state index in [1.165, 1.54) is 12.0 Å². The zero-order valence-electron chi connectivity index (χ0n) is 6.14. The maximum atomic E-state index is 5.08. The number of halogens is 1. The first-order valence-electron chi connectivity index (χ1n) is 3.80. The minimum atomic E-state index is 0.642. The van der Waals surface area contributed by atoms with Crippen molar-refractivity contribution in [2.24, 2.45) is 0 Å². The molecule has 1 aliphatic rings. The molecule has 1 atom stereocenters. The lowest BCUT2D eigenvalue weighted by Crippen LogP contribution is -2.07. The van der Waals surface area contributed by atoms with Crippen LogP contribution in [0.1, 0.15) is 17.9 Å². The van der Waals surface area contributed by atoms with Crippen LogP contribution < -0.4 is 5.32 Å². The molecule has 0 aliphatic carbocycles. The molecule has 2 heterocycles. The van der Waals surface area contributed by atoms with Gasteiger partial charge in [-0.2, -0.15) is 0 Å². The van der Waals surface area contributed by atoms with Crippen LogP contribution in [-0.2, 0) is 0 Å². The predicted octanol–water partition coefficient (Wildman–Crippen LogP) is 2.12. The molecule has 1 N–H and O–H groups in total. The Morgan fingerprint density at radius 3 is 3.00 bits per heavy atom. The van der Waals surface area contributed by atoms with E-state index in [1.54, 1.807) is 6.26 Å².